The molecule has 0 spiro atoms. The van der Waals surface area contributed by atoms with Gasteiger partial charge in [-0.3, -0.25) is 0 Å². The summed E-state index contributed by atoms with van der Waals surface area (Å²) in [7, 11) is 0. The second-order valence-corrected chi connectivity index (χ2v) is 4.22. The second-order valence-electron chi connectivity index (χ2n) is 3.68. The van der Waals surface area contributed by atoms with Gasteiger partial charge in [0.25, 0.3) is 0 Å². The van der Waals surface area contributed by atoms with Crippen LogP contribution in [0, 0.1) is 0 Å². The van der Waals surface area contributed by atoms with Gasteiger partial charge in [0.1, 0.15) is 12.4 Å². The molecule has 0 amide bonds. The molecule has 0 radical (unpaired) electrons. The molecule has 0 fully saturated rings. The minimum absolute atomic E-state index is 0.365. The molecule has 15 heavy (non-hydrogen) atoms. The van der Waals surface area contributed by atoms with Crippen LogP contribution in [0.1, 0.15) is 31.7 Å². The van der Waals surface area contributed by atoms with Crippen LogP contribution in [0.25, 0.3) is 0 Å². The van der Waals surface area contributed by atoms with Crippen molar-refractivity contribution in [3.8, 4) is 5.75 Å². The zero-order valence-corrected chi connectivity index (χ0v) is 10.1. The molecular weight excluding hydrogens is 208 g/mol. The highest BCUT2D eigenvalue weighted by atomic mass is 35.5. The van der Waals surface area contributed by atoms with Crippen molar-refractivity contribution in [2.24, 2.45) is 0 Å². The number of hydrogen-bond donors (Lipinski definition) is 0. The Hall–Kier alpha value is -0.950. The van der Waals surface area contributed by atoms with Crippen LogP contribution in [-0.4, -0.2) is 6.61 Å². The molecule has 0 heterocycles. The summed E-state index contributed by atoms with van der Waals surface area (Å²) in [6, 6.07) is 8.14. The van der Waals surface area contributed by atoms with Crippen LogP contribution < -0.4 is 4.74 Å². The number of hydrogen-bond acceptors (Lipinski definition) is 1. The Balaban J connectivity index is 2.60. The van der Waals surface area contributed by atoms with Crippen molar-refractivity contribution >= 4 is 11.6 Å². The first-order valence-corrected chi connectivity index (χ1v) is 5.57. The number of benzene rings is 1. The van der Waals surface area contributed by atoms with Crippen LogP contribution in [0.15, 0.2) is 35.9 Å². The molecule has 0 saturated heterocycles. The van der Waals surface area contributed by atoms with E-state index in [1.165, 1.54) is 5.56 Å². The van der Waals surface area contributed by atoms with Gasteiger partial charge in [-0.2, -0.15) is 0 Å². The van der Waals surface area contributed by atoms with Crippen LogP contribution >= 0.6 is 11.6 Å². The average molecular weight is 225 g/mol. The summed E-state index contributed by atoms with van der Waals surface area (Å²) in [5, 5.41) is 0.515. The van der Waals surface area contributed by atoms with E-state index in [4.69, 9.17) is 16.3 Å². The lowest BCUT2D eigenvalue weighted by Gasteiger charge is -2.10. The zero-order chi connectivity index (χ0) is 11.3. The van der Waals surface area contributed by atoms with Gasteiger partial charge in [-0.05, 0) is 30.0 Å². The van der Waals surface area contributed by atoms with Gasteiger partial charge in [0, 0.05) is 5.03 Å². The van der Waals surface area contributed by atoms with Gasteiger partial charge in [-0.25, -0.2) is 0 Å². The fraction of sp³-hybridized carbons (Fsp3) is 0.385. The van der Waals surface area contributed by atoms with Crippen molar-refractivity contribution in [3.63, 3.8) is 0 Å². The quantitative estimate of drug-likeness (QED) is 0.723. The Labute approximate surface area is 96.7 Å². The molecule has 0 N–H and O–H groups in total. The molecule has 0 saturated carbocycles. The number of halogens is 1. The van der Waals surface area contributed by atoms with E-state index >= 15 is 0 Å². The normalized spacial score (nSPS) is 12.2. The van der Waals surface area contributed by atoms with Gasteiger partial charge in [0.15, 0.2) is 0 Å². The van der Waals surface area contributed by atoms with Crippen molar-refractivity contribution in [1.29, 1.82) is 0 Å². The first-order chi connectivity index (χ1) is 7.13. The predicted octanol–water partition coefficient (Wildman–Crippen LogP) is 4.33. The molecule has 0 aromatic heterocycles. The van der Waals surface area contributed by atoms with Gasteiger partial charge in [0.05, 0.1) is 0 Å². The molecule has 1 unspecified atom stereocenters. The molecule has 82 valence electrons. The topological polar surface area (TPSA) is 9.23 Å². The van der Waals surface area contributed by atoms with Crippen molar-refractivity contribution in [1.82, 2.24) is 0 Å². The van der Waals surface area contributed by atoms with Crippen LogP contribution in [0.3, 0.4) is 0 Å². The first kappa shape index (κ1) is 12.1. The van der Waals surface area contributed by atoms with Gasteiger partial charge < -0.3 is 4.74 Å². The fourth-order valence-electron chi connectivity index (χ4n) is 1.29. The zero-order valence-electron chi connectivity index (χ0n) is 9.29. The Bertz CT molecular complexity index is 316. The maximum absolute atomic E-state index is 5.61. The van der Waals surface area contributed by atoms with Crippen LogP contribution in [-0.2, 0) is 0 Å². The minimum Gasteiger partial charge on any atom is -0.488 e. The number of rotatable bonds is 5. The van der Waals surface area contributed by atoms with E-state index in [2.05, 4.69) is 32.6 Å². The molecule has 1 aromatic carbocycles. The summed E-state index contributed by atoms with van der Waals surface area (Å²) in [5.41, 5.74) is 1.34. The van der Waals surface area contributed by atoms with E-state index < -0.39 is 0 Å². The average Bonchev–Trinajstić information content (AvgIpc) is 2.26. The maximum atomic E-state index is 5.61. The number of ether oxygens (including phenoxy) is 1. The molecular formula is C13H17ClO. The molecule has 1 atom stereocenters. The lowest BCUT2D eigenvalue weighted by molar-refractivity contribution is 0.359. The minimum atomic E-state index is 0.365. The molecule has 0 aliphatic rings. The summed E-state index contributed by atoms with van der Waals surface area (Å²) < 4.78 is 5.40. The van der Waals surface area contributed by atoms with Crippen molar-refractivity contribution in [2.75, 3.05) is 6.61 Å². The largest absolute Gasteiger partial charge is 0.488 e. The van der Waals surface area contributed by atoms with Gasteiger partial charge in [0.2, 0.25) is 0 Å². The third-order valence-electron chi connectivity index (χ3n) is 2.46. The molecule has 2 heteroatoms. The summed E-state index contributed by atoms with van der Waals surface area (Å²) in [6.07, 6.45) is 1.15. The Kier molecular flexibility index (Phi) is 4.70. The van der Waals surface area contributed by atoms with Crippen molar-refractivity contribution in [3.05, 3.63) is 41.4 Å². The monoisotopic (exact) mass is 224 g/mol. The lowest BCUT2D eigenvalue weighted by Crippen LogP contribution is -1.97. The van der Waals surface area contributed by atoms with Crippen molar-refractivity contribution in [2.45, 2.75) is 26.2 Å². The van der Waals surface area contributed by atoms with Crippen LogP contribution in [0.4, 0.5) is 0 Å². The summed E-state index contributed by atoms with van der Waals surface area (Å²) in [5.74, 6) is 1.44. The second kappa shape index (κ2) is 5.82. The third kappa shape index (κ3) is 3.96. The van der Waals surface area contributed by atoms with E-state index in [1.54, 1.807) is 0 Å². The predicted molar refractivity (Wildman–Crippen MR) is 65.6 cm³/mol. The molecule has 0 bridgehead atoms. The SMILES string of the molecule is C=C(Cl)COc1ccc(C(C)CC)cc1. The van der Waals surface area contributed by atoms with E-state index in [0.29, 0.717) is 17.6 Å². The molecule has 1 aromatic rings. The Morgan fingerprint density at radius 2 is 2.00 bits per heavy atom. The third-order valence-corrected chi connectivity index (χ3v) is 2.57. The van der Waals surface area contributed by atoms with Gasteiger partial charge >= 0.3 is 0 Å². The highest BCUT2D eigenvalue weighted by Gasteiger charge is 2.02. The Morgan fingerprint density at radius 3 is 2.47 bits per heavy atom. The van der Waals surface area contributed by atoms with E-state index in [0.717, 1.165) is 12.2 Å². The van der Waals surface area contributed by atoms with Gasteiger partial charge in [-0.15, -0.1) is 0 Å². The summed E-state index contributed by atoms with van der Waals surface area (Å²) >= 11 is 5.61. The van der Waals surface area contributed by atoms with Crippen molar-refractivity contribution < 1.29 is 4.74 Å². The highest BCUT2D eigenvalue weighted by Crippen LogP contribution is 2.21. The molecule has 0 aliphatic carbocycles. The molecule has 0 aliphatic heterocycles. The van der Waals surface area contributed by atoms with E-state index in [9.17, 15) is 0 Å². The lowest BCUT2D eigenvalue weighted by atomic mass is 9.99. The van der Waals surface area contributed by atoms with Crippen LogP contribution in [0.5, 0.6) is 5.75 Å². The van der Waals surface area contributed by atoms with Gasteiger partial charge in [-0.1, -0.05) is 44.2 Å². The van der Waals surface area contributed by atoms with E-state index in [-0.39, 0.29) is 0 Å². The first-order valence-electron chi connectivity index (χ1n) is 5.19. The van der Waals surface area contributed by atoms with E-state index in [1.807, 2.05) is 12.1 Å². The summed E-state index contributed by atoms with van der Waals surface area (Å²) in [6.45, 7) is 8.34. The van der Waals surface area contributed by atoms with Crippen LogP contribution in [0.2, 0.25) is 0 Å². The molecule has 1 rings (SSSR count). The smallest absolute Gasteiger partial charge is 0.123 e. The Morgan fingerprint density at radius 1 is 1.40 bits per heavy atom. The highest BCUT2D eigenvalue weighted by molar-refractivity contribution is 6.29. The fourth-order valence-corrected chi connectivity index (χ4v) is 1.34. The molecule has 1 nitrogen and oxygen atoms in total. The maximum Gasteiger partial charge on any atom is 0.123 e. The summed E-state index contributed by atoms with van der Waals surface area (Å²) in [4.78, 5) is 0. The standard InChI is InChI=1S/C13H17ClO/c1-4-10(2)12-5-7-13(8-6-12)15-9-11(3)14/h5-8,10H,3-4,9H2,1-2H3.